The Bertz CT molecular complexity index is 474. The van der Waals surface area contributed by atoms with Crippen molar-refractivity contribution in [2.75, 3.05) is 0 Å². The highest BCUT2D eigenvalue weighted by Gasteiger charge is 2.32. The maximum atomic E-state index is 12.1. The third kappa shape index (κ3) is 4.31. The van der Waals surface area contributed by atoms with Crippen molar-refractivity contribution in [2.24, 2.45) is 0 Å². The van der Waals surface area contributed by atoms with Gasteiger partial charge in [-0.3, -0.25) is 4.79 Å². The molecule has 0 radical (unpaired) electrons. The molecule has 3 nitrogen and oxygen atoms in total. The van der Waals surface area contributed by atoms with Gasteiger partial charge in [0.2, 0.25) is 5.91 Å². The largest absolute Gasteiger partial charge is 0.573 e. The molecule has 2 rings (SSSR count). The Morgan fingerprint density at radius 1 is 1.42 bits per heavy atom. The minimum Gasteiger partial charge on any atom is -0.406 e. The minimum absolute atomic E-state index is 0.142. The number of rotatable bonds is 4. The molecule has 1 atom stereocenters. The molecule has 0 aromatic heterocycles. The van der Waals surface area contributed by atoms with E-state index in [2.05, 4.69) is 10.1 Å². The Labute approximate surface area is 112 Å². The molecule has 1 amide bonds. The van der Waals surface area contributed by atoms with Crippen molar-refractivity contribution in [1.82, 2.24) is 5.32 Å². The summed E-state index contributed by atoms with van der Waals surface area (Å²) < 4.78 is 40.0. The fourth-order valence-corrected chi connectivity index (χ4v) is 1.72. The van der Waals surface area contributed by atoms with Gasteiger partial charge in [-0.05, 0) is 30.5 Å². The Balaban J connectivity index is 2.06. The van der Waals surface area contributed by atoms with Crippen LogP contribution in [0.4, 0.5) is 13.2 Å². The summed E-state index contributed by atoms with van der Waals surface area (Å²) in [6.07, 6.45) is -2.95. The summed E-state index contributed by atoms with van der Waals surface area (Å²) in [4.78, 5) is 11.7. The zero-order valence-electron chi connectivity index (χ0n) is 9.71. The van der Waals surface area contributed by atoms with E-state index < -0.39 is 23.4 Å². The van der Waals surface area contributed by atoms with Gasteiger partial charge in [0.15, 0.2) is 0 Å². The molecule has 1 aliphatic rings. The third-order valence-electron chi connectivity index (χ3n) is 2.54. The lowest BCUT2D eigenvalue weighted by Gasteiger charge is -2.13. The van der Waals surface area contributed by atoms with E-state index in [1.165, 1.54) is 12.1 Å². The van der Waals surface area contributed by atoms with Gasteiger partial charge in [-0.1, -0.05) is 12.1 Å². The molecule has 1 saturated carbocycles. The van der Waals surface area contributed by atoms with Crippen LogP contribution in [0.25, 0.3) is 0 Å². The number of amides is 1. The van der Waals surface area contributed by atoms with Crippen LogP contribution < -0.4 is 10.1 Å². The first-order chi connectivity index (χ1) is 8.85. The molecule has 1 aromatic rings. The van der Waals surface area contributed by atoms with Gasteiger partial charge < -0.3 is 10.1 Å². The Morgan fingerprint density at radius 3 is 2.68 bits per heavy atom. The van der Waals surface area contributed by atoms with Gasteiger partial charge >= 0.3 is 6.36 Å². The molecule has 7 heteroatoms. The predicted octanol–water partition coefficient (Wildman–Crippen LogP) is 3.14. The summed E-state index contributed by atoms with van der Waals surface area (Å²) in [5.74, 6) is -0.803. The molecule has 0 spiro atoms. The summed E-state index contributed by atoms with van der Waals surface area (Å²) in [7, 11) is 0. The van der Waals surface area contributed by atoms with E-state index >= 15 is 0 Å². The number of benzene rings is 1. The second-order valence-corrected chi connectivity index (χ2v) is 4.70. The predicted molar refractivity (Wildman–Crippen MR) is 62.9 cm³/mol. The fraction of sp³-hybridized carbons (Fsp3) is 0.417. The summed E-state index contributed by atoms with van der Waals surface area (Å²) in [5, 5.41) is 1.66. The number of alkyl halides is 4. The topological polar surface area (TPSA) is 38.3 Å². The van der Waals surface area contributed by atoms with Crippen molar-refractivity contribution in [3.05, 3.63) is 29.8 Å². The van der Waals surface area contributed by atoms with Gasteiger partial charge in [-0.2, -0.15) is 0 Å². The zero-order valence-corrected chi connectivity index (χ0v) is 10.5. The van der Waals surface area contributed by atoms with E-state index in [0.29, 0.717) is 0 Å². The van der Waals surface area contributed by atoms with Crippen LogP contribution in [0.2, 0.25) is 0 Å². The molecule has 0 heterocycles. The molecule has 1 aromatic carbocycles. The van der Waals surface area contributed by atoms with E-state index in [1.54, 1.807) is 0 Å². The van der Waals surface area contributed by atoms with Crippen LogP contribution >= 0.6 is 11.6 Å². The van der Waals surface area contributed by atoms with Crippen molar-refractivity contribution < 1.29 is 22.7 Å². The standard InChI is InChI=1S/C12H11ClF3NO2/c13-10(11(18)17-8-4-5-8)7-2-1-3-9(6-7)19-12(14,15)16/h1-3,6,8,10H,4-5H2,(H,17,18). The molecular weight excluding hydrogens is 283 g/mol. The Morgan fingerprint density at radius 2 is 2.11 bits per heavy atom. The Hall–Kier alpha value is -1.43. The number of nitrogens with one attached hydrogen (secondary N) is 1. The average Bonchev–Trinajstić information content (AvgIpc) is 3.10. The highest BCUT2D eigenvalue weighted by molar-refractivity contribution is 6.30. The van der Waals surface area contributed by atoms with Crippen LogP contribution in [0.1, 0.15) is 23.8 Å². The van der Waals surface area contributed by atoms with Crippen LogP contribution in [0.3, 0.4) is 0 Å². The highest BCUT2D eigenvalue weighted by atomic mass is 35.5. The SMILES string of the molecule is O=C(NC1CC1)C(Cl)c1cccc(OC(F)(F)F)c1. The fourth-order valence-electron chi connectivity index (χ4n) is 1.52. The normalized spacial score (nSPS) is 16.8. The van der Waals surface area contributed by atoms with E-state index in [0.717, 1.165) is 25.0 Å². The monoisotopic (exact) mass is 293 g/mol. The van der Waals surface area contributed by atoms with E-state index in [1.807, 2.05) is 0 Å². The number of hydrogen-bond acceptors (Lipinski definition) is 2. The molecular formula is C12H11ClF3NO2. The van der Waals surface area contributed by atoms with Gasteiger partial charge in [0.05, 0.1) is 0 Å². The van der Waals surface area contributed by atoms with Crippen LogP contribution in [-0.4, -0.2) is 18.3 Å². The summed E-state index contributed by atoms with van der Waals surface area (Å²) >= 11 is 5.92. The highest BCUT2D eigenvalue weighted by Crippen LogP contribution is 2.29. The molecule has 1 N–H and O–H groups in total. The van der Waals surface area contributed by atoms with Crippen LogP contribution in [0, 0.1) is 0 Å². The number of hydrogen-bond donors (Lipinski definition) is 1. The quantitative estimate of drug-likeness (QED) is 0.866. The first-order valence-electron chi connectivity index (χ1n) is 5.65. The molecule has 1 unspecified atom stereocenters. The molecule has 104 valence electrons. The van der Waals surface area contributed by atoms with Crippen molar-refractivity contribution in [3.8, 4) is 5.75 Å². The van der Waals surface area contributed by atoms with Crippen molar-refractivity contribution in [1.29, 1.82) is 0 Å². The second-order valence-electron chi connectivity index (χ2n) is 4.27. The lowest BCUT2D eigenvalue weighted by Crippen LogP contribution is -2.28. The first kappa shape index (κ1) is 14.0. The number of halogens is 4. The Kier molecular flexibility index (Phi) is 3.89. The minimum atomic E-state index is -4.77. The maximum Gasteiger partial charge on any atom is 0.573 e. The smallest absolute Gasteiger partial charge is 0.406 e. The molecule has 0 aliphatic heterocycles. The second kappa shape index (κ2) is 5.28. The van der Waals surface area contributed by atoms with E-state index in [9.17, 15) is 18.0 Å². The van der Waals surface area contributed by atoms with Gasteiger partial charge in [0, 0.05) is 6.04 Å². The molecule has 0 saturated heterocycles. The molecule has 19 heavy (non-hydrogen) atoms. The van der Waals surface area contributed by atoms with Crippen molar-refractivity contribution >= 4 is 17.5 Å². The van der Waals surface area contributed by atoms with Gasteiger partial charge in [-0.25, -0.2) is 0 Å². The summed E-state index contributed by atoms with van der Waals surface area (Å²) in [6, 6.07) is 5.24. The summed E-state index contributed by atoms with van der Waals surface area (Å²) in [5.41, 5.74) is 0.265. The van der Waals surface area contributed by atoms with Crippen LogP contribution in [0.15, 0.2) is 24.3 Å². The number of carbonyl (C=O) groups is 1. The lowest BCUT2D eigenvalue weighted by atomic mass is 10.1. The first-order valence-corrected chi connectivity index (χ1v) is 6.09. The van der Waals surface area contributed by atoms with Gasteiger partial charge in [0.25, 0.3) is 0 Å². The van der Waals surface area contributed by atoms with Gasteiger partial charge in [0.1, 0.15) is 11.1 Å². The van der Waals surface area contributed by atoms with E-state index in [4.69, 9.17) is 11.6 Å². The average molecular weight is 294 g/mol. The number of carbonyl (C=O) groups excluding carboxylic acids is 1. The van der Waals surface area contributed by atoms with Crippen LogP contribution in [-0.2, 0) is 4.79 Å². The lowest BCUT2D eigenvalue weighted by molar-refractivity contribution is -0.274. The van der Waals surface area contributed by atoms with Crippen molar-refractivity contribution in [2.45, 2.75) is 30.6 Å². The van der Waals surface area contributed by atoms with Gasteiger partial charge in [-0.15, -0.1) is 24.8 Å². The third-order valence-corrected chi connectivity index (χ3v) is 2.99. The van der Waals surface area contributed by atoms with Crippen molar-refractivity contribution in [3.63, 3.8) is 0 Å². The molecule has 1 aliphatic carbocycles. The molecule has 1 fully saturated rings. The van der Waals surface area contributed by atoms with E-state index in [-0.39, 0.29) is 11.6 Å². The maximum absolute atomic E-state index is 12.1. The zero-order chi connectivity index (χ0) is 14.0. The number of ether oxygens (including phenoxy) is 1. The van der Waals surface area contributed by atoms with Crippen LogP contribution in [0.5, 0.6) is 5.75 Å². The molecule has 0 bridgehead atoms. The summed E-state index contributed by atoms with van der Waals surface area (Å²) in [6.45, 7) is 0.